The minimum absolute atomic E-state index is 0.496. The first kappa shape index (κ1) is 21.8. The number of ether oxygens (including phenoxy) is 1. The minimum atomic E-state index is 0.496. The van der Waals surface area contributed by atoms with Gasteiger partial charge in [0.2, 0.25) is 0 Å². The maximum absolute atomic E-state index is 5.60. The number of morpholine rings is 1. The Morgan fingerprint density at radius 1 is 0.906 bits per heavy atom. The number of hydrogen-bond acceptors (Lipinski definition) is 5. The largest absolute Gasteiger partial charge is 0.468 e. The molecule has 0 atom stereocenters. The van der Waals surface area contributed by atoms with Crippen LogP contribution in [0.3, 0.4) is 0 Å². The molecule has 174 valence electrons. The second-order valence-electron chi connectivity index (χ2n) is 10.6. The Morgan fingerprint density at radius 3 is 2.34 bits per heavy atom. The molecular weight excluding hydrogens is 398 g/mol. The molecule has 1 aromatic heterocycles. The summed E-state index contributed by atoms with van der Waals surface area (Å²) >= 11 is 0. The number of anilines is 2. The first-order valence-electron chi connectivity index (χ1n) is 12.5. The smallest absolute Gasteiger partial charge is 0.117 e. The van der Waals surface area contributed by atoms with Crippen LogP contribution in [-0.2, 0) is 11.3 Å². The van der Waals surface area contributed by atoms with Crippen molar-refractivity contribution in [3.05, 3.63) is 47.9 Å². The highest BCUT2D eigenvalue weighted by molar-refractivity contribution is 5.63. The van der Waals surface area contributed by atoms with Crippen molar-refractivity contribution < 1.29 is 9.15 Å². The topological polar surface area (TPSA) is 32.1 Å². The highest BCUT2D eigenvalue weighted by Gasteiger charge is 2.31. The zero-order valence-electron chi connectivity index (χ0n) is 19.9. The van der Waals surface area contributed by atoms with Gasteiger partial charge in [-0.3, -0.25) is 4.90 Å². The maximum Gasteiger partial charge on any atom is 0.117 e. The summed E-state index contributed by atoms with van der Waals surface area (Å²) in [7, 11) is 0. The molecule has 32 heavy (non-hydrogen) atoms. The molecule has 0 unspecified atom stereocenters. The molecule has 1 aromatic carbocycles. The van der Waals surface area contributed by atoms with E-state index in [0.29, 0.717) is 11.3 Å². The van der Waals surface area contributed by atoms with Crippen LogP contribution in [0.15, 0.2) is 41.0 Å². The summed E-state index contributed by atoms with van der Waals surface area (Å²) in [6.07, 6.45) is 7.06. The summed E-state index contributed by atoms with van der Waals surface area (Å²) in [5.41, 5.74) is 4.94. The summed E-state index contributed by atoms with van der Waals surface area (Å²) in [5, 5.41) is 0. The molecule has 0 radical (unpaired) electrons. The second kappa shape index (κ2) is 9.48. The van der Waals surface area contributed by atoms with Gasteiger partial charge in [0, 0.05) is 50.6 Å². The average molecular weight is 438 g/mol. The standard InChI is InChI=1S/C27H39N3O2/c1-27(2)9-7-22(8-10-27)25-20-23(29-15-18-31-19-16-29)5-6-26(25)30-13-11-28(12-14-30)21-24-4-3-17-32-24/h3-6,17,20,22H,7-16,18-19,21H2,1-2H3. The van der Waals surface area contributed by atoms with E-state index in [9.17, 15) is 0 Å². The van der Waals surface area contributed by atoms with Gasteiger partial charge in [-0.25, -0.2) is 0 Å². The van der Waals surface area contributed by atoms with Gasteiger partial charge >= 0.3 is 0 Å². The van der Waals surface area contributed by atoms with Crippen molar-refractivity contribution in [2.75, 3.05) is 62.3 Å². The van der Waals surface area contributed by atoms with E-state index in [1.54, 1.807) is 11.8 Å². The van der Waals surface area contributed by atoms with Crippen molar-refractivity contribution in [2.24, 2.45) is 5.41 Å². The van der Waals surface area contributed by atoms with E-state index in [2.05, 4.69) is 52.8 Å². The third-order valence-corrected chi connectivity index (χ3v) is 7.84. The van der Waals surface area contributed by atoms with Gasteiger partial charge in [-0.15, -0.1) is 0 Å². The van der Waals surface area contributed by atoms with Gasteiger partial charge in [-0.05, 0) is 72.9 Å². The molecule has 0 spiro atoms. The minimum Gasteiger partial charge on any atom is -0.468 e. The van der Waals surface area contributed by atoms with Gasteiger partial charge < -0.3 is 19.0 Å². The van der Waals surface area contributed by atoms with Crippen molar-refractivity contribution in [3.63, 3.8) is 0 Å². The van der Waals surface area contributed by atoms with Crippen LogP contribution in [0.2, 0.25) is 0 Å². The van der Waals surface area contributed by atoms with Crippen LogP contribution >= 0.6 is 0 Å². The lowest BCUT2D eigenvalue weighted by Crippen LogP contribution is -2.46. The van der Waals surface area contributed by atoms with Gasteiger partial charge in [0.1, 0.15) is 5.76 Å². The Labute approximate surface area is 193 Å². The fourth-order valence-electron chi connectivity index (χ4n) is 5.66. The summed E-state index contributed by atoms with van der Waals surface area (Å²) in [6.45, 7) is 13.8. The van der Waals surface area contributed by atoms with E-state index in [0.717, 1.165) is 64.8 Å². The van der Waals surface area contributed by atoms with Crippen LogP contribution in [0.25, 0.3) is 0 Å². The molecule has 0 N–H and O–H groups in total. The van der Waals surface area contributed by atoms with Crippen LogP contribution in [0.1, 0.15) is 56.8 Å². The van der Waals surface area contributed by atoms with Crippen LogP contribution in [-0.4, -0.2) is 57.4 Å². The van der Waals surface area contributed by atoms with Gasteiger partial charge in [0.15, 0.2) is 0 Å². The summed E-state index contributed by atoms with van der Waals surface area (Å²) in [4.78, 5) is 7.65. The van der Waals surface area contributed by atoms with Gasteiger partial charge in [-0.1, -0.05) is 13.8 Å². The fourth-order valence-corrected chi connectivity index (χ4v) is 5.66. The molecule has 3 heterocycles. The monoisotopic (exact) mass is 437 g/mol. The Kier molecular flexibility index (Phi) is 6.47. The molecule has 2 saturated heterocycles. The van der Waals surface area contributed by atoms with Gasteiger partial charge in [0.25, 0.3) is 0 Å². The molecule has 3 aliphatic rings. The Hall–Kier alpha value is -1.98. The predicted octanol–water partition coefficient (Wildman–Crippen LogP) is 5.12. The Balaban J connectivity index is 1.33. The van der Waals surface area contributed by atoms with E-state index in [-0.39, 0.29) is 0 Å². The quantitative estimate of drug-likeness (QED) is 0.648. The molecule has 1 saturated carbocycles. The molecule has 5 heteroatoms. The van der Waals surface area contributed by atoms with Crippen molar-refractivity contribution in [3.8, 4) is 0 Å². The SMILES string of the molecule is CC1(C)CCC(c2cc(N3CCOCC3)ccc2N2CCN(Cc3ccco3)CC2)CC1. The Bertz CT molecular complexity index is 855. The normalized spacial score (nSPS) is 22.9. The van der Waals surface area contributed by atoms with E-state index < -0.39 is 0 Å². The lowest BCUT2D eigenvalue weighted by Gasteiger charge is -2.40. The highest BCUT2D eigenvalue weighted by Crippen LogP contribution is 2.45. The lowest BCUT2D eigenvalue weighted by molar-refractivity contribution is 0.122. The van der Waals surface area contributed by atoms with Crippen molar-refractivity contribution in [2.45, 2.75) is 52.0 Å². The van der Waals surface area contributed by atoms with Crippen LogP contribution in [0.5, 0.6) is 0 Å². The predicted molar refractivity (Wildman–Crippen MR) is 131 cm³/mol. The molecule has 0 amide bonds. The molecular formula is C27H39N3O2. The van der Waals surface area contributed by atoms with E-state index in [1.807, 2.05) is 6.07 Å². The summed E-state index contributed by atoms with van der Waals surface area (Å²) in [6, 6.07) is 11.4. The number of hydrogen-bond donors (Lipinski definition) is 0. The lowest BCUT2D eigenvalue weighted by atomic mass is 9.71. The highest BCUT2D eigenvalue weighted by atomic mass is 16.5. The third-order valence-electron chi connectivity index (χ3n) is 7.84. The Morgan fingerprint density at radius 2 is 1.66 bits per heavy atom. The molecule has 3 fully saturated rings. The number of piperazine rings is 1. The van der Waals surface area contributed by atoms with Crippen LogP contribution in [0, 0.1) is 5.41 Å². The number of rotatable bonds is 5. The van der Waals surface area contributed by atoms with Crippen LogP contribution in [0.4, 0.5) is 11.4 Å². The van der Waals surface area contributed by atoms with E-state index in [4.69, 9.17) is 9.15 Å². The fraction of sp³-hybridized carbons (Fsp3) is 0.630. The molecule has 2 aromatic rings. The third kappa shape index (κ3) is 4.99. The van der Waals surface area contributed by atoms with E-state index >= 15 is 0 Å². The number of benzene rings is 1. The second-order valence-corrected chi connectivity index (χ2v) is 10.6. The van der Waals surface area contributed by atoms with Crippen molar-refractivity contribution >= 4 is 11.4 Å². The molecule has 0 bridgehead atoms. The summed E-state index contributed by atoms with van der Waals surface area (Å²) in [5.74, 6) is 1.75. The molecule has 2 aliphatic heterocycles. The summed E-state index contributed by atoms with van der Waals surface area (Å²) < 4.78 is 11.2. The average Bonchev–Trinajstić information content (AvgIpc) is 3.33. The number of furan rings is 1. The van der Waals surface area contributed by atoms with Crippen molar-refractivity contribution in [1.82, 2.24) is 4.90 Å². The zero-order valence-corrected chi connectivity index (χ0v) is 19.9. The first-order chi connectivity index (χ1) is 15.6. The molecule has 1 aliphatic carbocycles. The molecule has 5 rings (SSSR count). The van der Waals surface area contributed by atoms with Crippen LogP contribution < -0.4 is 9.80 Å². The molecule has 5 nitrogen and oxygen atoms in total. The van der Waals surface area contributed by atoms with E-state index in [1.165, 1.54) is 37.1 Å². The van der Waals surface area contributed by atoms with Crippen molar-refractivity contribution in [1.29, 1.82) is 0 Å². The van der Waals surface area contributed by atoms with Gasteiger partial charge in [0.05, 0.1) is 26.0 Å². The number of nitrogens with zero attached hydrogens (tertiary/aromatic N) is 3. The maximum atomic E-state index is 5.60. The van der Waals surface area contributed by atoms with Gasteiger partial charge in [-0.2, -0.15) is 0 Å². The first-order valence-corrected chi connectivity index (χ1v) is 12.5. The zero-order chi connectivity index (χ0) is 22.0.